The number of amides is 1. The van der Waals surface area contributed by atoms with Crippen LogP contribution in [0.3, 0.4) is 0 Å². The maximum Gasteiger partial charge on any atom is 0.257 e. The lowest BCUT2D eigenvalue weighted by molar-refractivity contribution is 0.102. The zero-order chi connectivity index (χ0) is 18.7. The summed E-state index contributed by atoms with van der Waals surface area (Å²) in [5.74, 6) is -0.504. The van der Waals surface area contributed by atoms with E-state index in [1.165, 1.54) is 12.1 Å². The first kappa shape index (κ1) is 19.2. The van der Waals surface area contributed by atoms with Crippen molar-refractivity contribution in [2.75, 3.05) is 5.32 Å². The van der Waals surface area contributed by atoms with Crippen molar-refractivity contribution >= 4 is 44.8 Å². The molecule has 0 aliphatic heterocycles. The first-order valence-corrected chi connectivity index (χ1v) is 10.5. The molecule has 1 aliphatic rings. The van der Waals surface area contributed by atoms with E-state index in [0.717, 1.165) is 25.7 Å². The van der Waals surface area contributed by atoms with Crippen LogP contribution in [0.5, 0.6) is 0 Å². The second kappa shape index (κ2) is 7.96. The molecule has 1 fully saturated rings. The SMILES string of the molecule is O=C(Nc1ccccc1)c1cc(S(=O)(=O)NC2CCCC2)c(Cl)cc1Cl. The molecular formula is C18H18Cl2N2O3S. The second-order valence-electron chi connectivity index (χ2n) is 6.19. The van der Waals surface area contributed by atoms with Crippen LogP contribution in [0.1, 0.15) is 36.0 Å². The Morgan fingerprint density at radius 1 is 1.00 bits per heavy atom. The number of hydrogen-bond donors (Lipinski definition) is 2. The number of carbonyl (C=O) groups is 1. The molecule has 2 aromatic rings. The number of hydrogen-bond acceptors (Lipinski definition) is 3. The van der Waals surface area contributed by atoms with Crippen LogP contribution in [0.4, 0.5) is 5.69 Å². The number of para-hydroxylation sites is 1. The van der Waals surface area contributed by atoms with Gasteiger partial charge in [0, 0.05) is 11.7 Å². The summed E-state index contributed by atoms with van der Waals surface area (Å²) in [6, 6.07) is 11.2. The van der Waals surface area contributed by atoms with Gasteiger partial charge >= 0.3 is 0 Å². The molecule has 1 amide bonds. The minimum atomic E-state index is -3.84. The zero-order valence-electron chi connectivity index (χ0n) is 13.8. The first-order chi connectivity index (χ1) is 12.4. The van der Waals surface area contributed by atoms with E-state index < -0.39 is 15.9 Å². The fourth-order valence-electron chi connectivity index (χ4n) is 2.96. The number of anilines is 1. The highest BCUT2D eigenvalue weighted by Crippen LogP contribution is 2.30. The Bertz CT molecular complexity index is 912. The summed E-state index contributed by atoms with van der Waals surface area (Å²) < 4.78 is 28.0. The third-order valence-electron chi connectivity index (χ3n) is 4.26. The predicted molar refractivity (Wildman–Crippen MR) is 103 cm³/mol. The molecule has 5 nitrogen and oxygen atoms in total. The van der Waals surface area contributed by atoms with Crippen LogP contribution in [-0.2, 0) is 10.0 Å². The summed E-state index contributed by atoms with van der Waals surface area (Å²) in [6.45, 7) is 0. The van der Waals surface area contributed by atoms with Gasteiger partial charge in [-0.3, -0.25) is 4.79 Å². The summed E-state index contributed by atoms with van der Waals surface area (Å²) >= 11 is 12.2. The fourth-order valence-corrected chi connectivity index (χ4v) is 5.12. The molecule has 138 valence electrons. The van der Waals surface area contributed by atoms with E-state index in [1.54, 1.807) is 24.3 Å². The van der Waals surface area contributed by atoms with Gasteiger partial charge in [-0.05, 0) is 37.1 Å². The molecule has 26 heavy (non-hydrogen) atoms. The minimum absolute atomic E-state index is 0.0169. The van der Waals surface area contributed by atoms with Crippen LogP contribution in [0.2, 0.25) is 10.0 Å². The number of rotatable bonds is 5. The van der Waals surface area contributed by atoms with Gasteiger partial charge in [0.1, 0.15) is 4.90 Å². The molecule has 0 bridgehead atoms. The molecule has 3 rings (SSSR count). The summed E-state index contributed by atoms with van der Waals surface area (Å²) in [5.41, 5.74) is 0.628. The van der Waals surface area contributed by atoms with Gasteiger partial charge in [-0.15, -0.1) is 0 Å². The molecule has 0 unspecified atom stereocenters. The van der Waals surface area contributed by atoms with E-state index in [0.29, 0.717) is 5.69 Å². The van der Waals surface area contributed by atoms with Gasteiger partial charge in [-0.25, -0.2) is 13.1 Å². The van der Waals surface area contributed by atoms with Crippen molar-refractivity contribution in [3.8, 4) is 0 Å². The molecule has 0 spiro atoms. The topological polar surface area (TPSA) is 75.3 Å². The number of nitrogens with one attached hydrogen (secondary N) is 2. The van der Waals surface area contributed by atoms with Gasteiger partial charge in [0.2, 0.25) is 10.0 Å². The first-order valence-electron chi connectivity index (χ1n) is 8.24. The second-order valence-corrected chi connectivity index (χ2v) is 8.68. The predicted octanol–water partition coefficient (Wildman–Crippen LogP) is 4.47. The van der Waals surface area contributed by atoms with E-state index in [2.05, 4.69) is 10.0 Å². The third-order valence-corrected chi connectivity index (χ3v) is 6.56. The number of carbonyl (C=O) groups excluding carboxylic acids is 1. The van der Waals surface area contributed by atoms with Crippen LogP contribution in [-0.4, -0.2) is 20.4 Å². The van der Waals surface area contributed by atoms with Gasteiger partial charge in [0.15, 0.2) is 0 Å². The Morgan fingerprint density at radius 2 is 1.65 bits per heavy atom. The van der Waals surface area contributed by atoms with Crippen molar-refractivity contribution in [3.63, 3.8) is 0 Å². The van der Waals surface area contributed by atoms with Gasteiger partial charge in [0.05, 0.1) is 15.6 Å². The Labute approximate surface area is 162 Å². The lowest BCUT2D eigenvalue weighted by atomic mass is 10.2. The van der Waals surface area contributed by atoms with Gasteiger partial charge in [-0.1, -0.05) is 54.2 Å². The molecule has 1 aliphatic carbocycles. The standard InChI is InChI=1S/C18H18Cl2N2O3S/c19-15-11-16(20)17(26(24,25)22-13-8-4-5-9-13)10-14(15)18(23)21-12-6-2-1-3-7-12/h1-3,6-7,10-11,13,22H,4-5,8-9H2,(H,21,23). The molecular weight excluding hydrogens is 395 g/mol. The van der Waals surface area contributed by atoms with E-state index in [4.69, 9.17) is 23.2 Å². The summed E-state index contributed by atoms with van der Waals surface area (Å²) in [5, 5.41) is 2.76. The maximum absolute atomic E-state index is 12.7. The van der Waals surface area contributed by atoms with E-state index in [-0.39, 0.29) is 26.5 Å². The molecule has 1 saturated carbocycles. The molecule has 0 radical (unpaired) electrons. The fraction of sp³-hybridized carbons (Fsp3) is 0.278. The van der Waals surface area contributed by atoms with Crippen molar-refractivity contribution in [1.29, 1.82) is 0 Å². The quantitative estimate of drug-likeness (QED) is 0.760. The van der Waals surface area contributed by atoms with Crippen molar-refractivity contribution in [1.82, 2.24) is 4.72 Å². The Balaban J connectivity index is 1.90. The zero-order valence-corrected chi connectivity index (χ0v) is 16.2. The Morgan fingerprint density at radius 3 is 2.31 bits per heavy atom. The summed E-state index contributed by atoms with van der Waals surface area (Å²) in [4.78, 5) is 12.4. The van der Waals surface area contributed by atoms with Crippen LogP contribution in [0, 0.1) is 0 Å². The molecule has 0 heterocycles. The molecule has 8 heteroatoms. The minimum Gasteiger partial charge on any atom is -0.322 e. The Hall–Kier alpha value is -1.60. The van der Waals surface area contributed by atoms with Crippen molar-refractivity contribution in [3.05, 3.63) is 58.1 Å². The highest BCUT2D eigenvalue weighted by atomic mass is 35.5. The third kappa shape index (κ3) is 4.38. The van der Waals surface area contributed by atoms with Gasteiger partial charge < -0.3 is 5.32 Å². The molecule has 0 saturated heterocycles. The maximum atomic E-state index is 12.7. The average Bonchev–Trinajstić information content (AvgIpc) is 3.07. The van der Waals surface area contributed by atoms with Crippen LogP contribution >= 0.6 is 23.2 Å². The number of benzene rings is 2. The average molecular weight is 413 g/mol. The molecule has 2 N–H and O–H groups in total. The van der Waals surface area contributed by atoms with E-state index in [9.17, 15) is 13.2 Å². The Kier molecular flexibility index (Phi) is 5.87. The normalized spacial score (nSPS) is 15.2. The lowest BCUT2D eigenvalue weighted by Gasteiger charge is -2.15. The monoisotopic (exact) mass is 412 g/mol. The summed E-state index contributed by atoms with van der Waals surface area (Å²) in [6.07, 6.45) is 3.58. The van der Waals surface area contributed by atoms with Gasteiger partial charge in [-0.2, -0.15) is 0 Å². The van der Waals surface area contributed by atoms with E-state index >= 15 is 0 Å². The summed E-state index contributed by atoms with van der Waals surface area (Å²) in [7, 11) is -3.84. The number of sulfonamides is 1. The van der Waals surface area contributed by atoms with Crippen molar-refractivity contribution < 1.29 is 13.2 Å². The van der Waals surface area contributed by atoms with Crippen LogP contribution in [0.15, 0.2) is 47.4 Å². The lowest BCUT2D eigenvalue weighted by Crippen LogP contribution is -2.33. The highest BCUT2D eigenvalue weighted by molar-refractivity contribution is 7.89. The van der Waals surface area contributed by atoms with Gasteiger partial charge in [0.25, 0.3) is 5.91 Å². The van der Waals surface area contributed by atoms with Crippen LogP contribution < -0.4 is 10.0 Å². The molecule has 2 aromatic carbocycles. The number of halogens is 2. The van der Waals surface area contributed by atoms with E-state index in [1.807, 2.05) is 6.07 Å². The highest BCUT2D eigenvalue weighted by Gasteiger charge is 2.27. The largest absolute Gasteiger partial charge is 0.322 e. The van der Waals surface area contributed by atoms with Crippen molar-refractivity contribution in [2.24, 2.45) is 0 Å². The van der Waals surface area contributed by atoms with Crippen molar-refractivity contribution in [2.45, 2.75) is 36.6 Å². The molecule has 0 atom stereocenters. The smallest absolute Gasteiger partial charge is 0.257 e. The molecule has 0 aromatic heterocycles. The van der Waals surface area contributed by atoms with Crippen LogP contribution in [0.25, 0.3) is 0 Å².